The zero-order chi connectivity index (χ0) is 18.1. The molecule has 0 saturated heterocycles. The molecule has 0 heterocycles. The van der Waals surface area contributed by atoms with Gasteiger partial charge in [-0.1, -0.05) is 66.5 Å². The first-order valence-electron chi connectivity index (χ1n) is 8.08. The average Bonchev–Trinajstić information content (AvgIpc) is 2.63. The fourth-order valence-corrected chi connectivity index (χ4v) is 2.46. The summed E-state index contributed by atoms with van der Waals surface area (Å²) in [5.74, 6) is 0. The van der Waals surface area contributed by atoms with Gasteiger partial charge in [0.25, 0.3) is 0 Å². The SMILES string of the molecule is CCC(COCc1ccc(Cl)c(Cl)c1)OC(=O)NCc1ccccc1. The highest BCUT2D eigenvalue weighted by Gasteiger charge is 2.13. The third-order valence-corrected chi connectivity index (χ3v) is 4.30. The zero-order valence-electron chi connectivity index (χ0n) is 14.0. The zero-order valence-corrected chi connectivity index (χ0v) is 15.5. The van der Waals surface area contributed by atoms with E-state index in [2.05, 4.69) is 5.32 Å². The van der Waals surface area contributed by atoms with Crippen LogP contribution in [0.25, 0.3) is 0 Å². The molecule has 2 aromatic rings. The highest BCUT2D eigenvalue weighted by molar-refractivity contribution is 6.42. The lowest BCUT2D eigenvalue weighted by Gasteiger charge is -2.17. The first kappa shape index (κ1) is 19.6. The summed E-state index contributed by atoms with van der Waals surface area (Å²) in [6.45, 7) is 3.07. The van der Waals surface area contributed by atoms with Crippen molar-refractivity contribution < 1.29 is 14.3 Å². The van der Waals surface area contributed by atoms with Crippen molar-refractivity contribution in [1.29, 1.82) is 0 Å². The van der Waals surface area contributed by atoms with E-state index in [1.54, 1.807) is 12.1 Å². The highest BCUT2D eigenvalue weighted by Crippen LogP contribution is 2.22. The number of hydrogen-bond acceptors (Lipinski definition) is 3. The molecular formula is C19H21Cl2NO3. The van der Waals surface area contributed by atoms with Gasteiger partial charge in [0.2, 0.25) is 0 Å². The van der Waals surface area contributed by atoms with Gasteiger partial charge in [0.05, 0.1) is 23.3 Å². The molecule has 0 fully saturated rings. The molecule has 6 heteroatoms. The van der Waals surface area contributed by atoms with Crippen molar-refractivity contribution in [2.45, 2.75) is 32.6 Å². The topological polar surface area (TPSA) is 47.6 Å². The number of benzene rings is 2. The number of alkyl carbamates (subject to hydrolysis) is 1. The molecule has 0 aromatic heterocycles. The van der Waals surface area contributed by atoms with Crippen LogP contribution in [0.2, 0.25) is 10.0 Å². The molecule has 134 valence electrons. The number of amides is 1. The van der Waals surface area contributed by atoms with Crippen molar-refractivity contribution >= 4 is 29.3 Å². The van der Waals surface area contributed by atoms with Crippen LogP contribution in [0.15, 0.2) is 48.5 Å². The van der Waals surface area contributed by atoms with Gasteiger partial charge in [0, 0.05) is 6.54 Å². The molecule has 25 heavy (non-hydrogen) atoms. The maximum absolute atomic E-state index is 11.9. The van der Waals surface area contributed by atoms with Crippen LogP contribution in [-0.4, -0.2) is 18.8 Å². The Morgan fingerprint density at radius 2 is 1.84 bits per heavy atom. The average molecular weight is 382 g/mol. The second-order valence-electron chi connectivity index (χ2n) is 5.54. The number of halogens is 2. The maximum atomic E-state index is 11.9. The van der Waals surface area contributed by atoms with Gasteiger partial charge in [-0.15, -0.1) is 0 Å². The third kappa shape index (κ3) is 6.94. The molecule has 0 saturated carbocycles. The summed E-state index contributed by atoms with van der Waals surface area (Å²) in [4.78, 5) is 11.9. The minimum atomic E-state index is -0.450. The molecule has 1 atom stereocenters. The quantitative estimate of drug-likeness (QED) is 0.681. The van der Waals surface area contributed by atoms with Crippen LogP contribution in [0.1, 0.15) is 24.5 Å². The number of carbonyl (C=O) groups excluding carboxylic acids is 1. The predicted molar refractivity (Wildman–Crippen MR) is 100.0 cm³/mol. The van der Waals surface area contributed by atoms with E-state index in [-0.39, 0.29) is 6.10 Å². The molecule has 4 nitrogen and oxygen atoms in total. The largest absolute Gasteiger partial charge is 0.444 e. The number of rotatable bonds is 8. The molecule has 2 rings (SSSR count). The van der Waals surface area contributed by atoms with E-state index in [4.69, 9.17) is 32.7 Å². The summed E-state index contributed by atoms with van der Waals surface area (Å²) in [5, 5.41) is 3.74. The molecule has 1 N–H and O–H groups in total. The Hall–Kier alpha value is -1.75. The number of carbonyl (C=O) groups is 1. The number of ether oxygens (including phenoxy) is 2. The van der Waals surface area contributed by atoms with Gasteiger partial charge in [-0.25, -0.2) is 4.79 Å². The van der Waals surface area contributed by atoms with Crippen LogP contribution < -0.4 is 5.32 Å². The molecule has 0 bridgehead atoms. The molecule has 0 aliphatic heterocycles. The van der Waals surface area contributed by atoms with Crippen LogP contribution in [0.3, 0.4) is 0 Å². The summed E-state index contributed by atoms with van der Waals surface area (Å²) in [6, 6.07) is 15.0. The summed E-state index contributed by atoms with van der Waals surface area (Å²) in [6.07, 6.45) is -0.0903. The minimum Gasteiger partial charge on any atom is -0.444 e. The lowest BCUT2D eigenvalue weighted by molar-refractivity contribution is 0.0118. The van der Waals surface area contributed by atoms with Gasteiger partial charge < -0.3 is 14.8 Å². The van der Waals surface area contributed by atoms with Gasteiger partial charge in [-0.2, -0.15) is 0 Å². The Bertz CT molecular complexity index is 680. The second kappa shape index (κ2) is 10.3. The number of hydrogen-bond donors (Lipinski definition) is 1. The molecule has 0 aliphatic carbocycles. The van der Waals surface area contributed by atoms with Crippen molar-refractivity contribution in [2.24, 2.45) is 0 Å². The van der Waals surface area contributed by atoms with Gasteiger partial charge in [0.1, 0.15) is 6.10 Å². The first-order chi connectivity index (χ1) is 12.1. The van der Waals surface area contributed by atoms with Crippen LogP contribution in [0.5, 0.6) is 0 Å². The fraction of sp³-hybridized carbons (Fsp3) is 0.316. The smallest absolute Gasteiger partial charge is 0.407 e. The molecule has 0 spiro atoms. The van der Waals surface area contributed by atoms with E-state index >= 15 is 0 Å². The van der Waals surface area contributed by atoms with Gasteiger partial charge >= 0.3 is 6.09 Å². The Labute approximate surface area is 158 Å². The van der Waals surface area contributed by atoms with Gasteiger partial charge in [0.15, 0.2) is 0 Å². The lowest BCUT2D eigenvalue weighted by atomic mass is 10.2. The van der Waals surface area contributed by atoms with Crippen molar-refractivity contribution in [3.8, 4) is 0 Å². The van der Waals surface area contributed by atoms with E-state index in [9.17, 15) is 4.79 Å². The molecule has 0 radical (unpaired) electrons. The standard InChI is InChI=1S/C19H21Cl2NO3/c1-2-16(13-24-12-15-8-9-17(20)18(21)10-15)25-19(23)22-11-14-6-4-3-5-7-14/h3-10,16H,2,11-13H2,1H3,(H,22,23). The Balaban J connectivity index is 1.72. The summed E-state index contributed by atoms with van der Waals surface area (Å²) in [7, 11) is 0. The van der Waals surface area contributed by atoms with Crippen LogP contribution in [-0.2, 0) is 22.6 Å². The van der Waals surface area contributed by atoms with Gasteiger partial charge in [-0.05, 0) is 29.7 Å². The van der Waals surface area contributed by atoms with E-state index in [1.165, 1.54) is 0 Å². The monoisotopic (exact) mass is 381 g/mol. The maximum Gasteiger partial charge on any atom is 0.407 e. The lowest BCUT2D eigenvalue weighted by Crippen LogP contribution is -2.30. The predicted octanol–water partition coefficient (Wildman–Crippen LogP) is 5.22. The minimum absolute atomic E-state index is 0.307. The molecule has 2 aromatic carbocycles. The Morgan fingerprint density at radius 1 is 1.08 bits per heavy atom. The summed E-state index contributed by atoms with van der Waals surface area (Å²) in [5.41, 5.74) is 1.93. The Morgan fingerprint density at radius 3 is 2.52 bits per heavy atom. The second-order valence-corrected chi connectivity index (χ2v) is 6.35. The van der Waals surface area contributed by atoms with E-state index < -0.39 is 6.09 Å². The molecule has 1 amide bonds. The van der Waals surface area contributed by atoms with E-state index in [0.717, 1.165) is 11.1 Å². The summed E-state index contributed by atoms with van der Waals surface area (Å²) < 4.78 is 11.0. The van der Waals surface area contributed by atoms with E-state index in [1.807, 2.05) is 43.3 Å². The van der Waals surface area contributed by atoms with Crippen molar-refractivity contribution in [3.63, 3.8) is 0 Å². The molecule has 1 unspecified atom stereocenters. The van der Waals surface area contributed by atoms with Crippen LogP contribution in [0.4, 0.5) is 4.79 Å². The molecular weight excluding hydrogens is 361 g/mol. The first-order valence-corrected chi connectivity index (χ1v) is 8.84. The summed E-state index contributed by atoms with van der Waals surface area (Å²) >= 11 is 11.9. The van der Waals surface area contributed by atoms with E-state index in [0.29, 0.717) is 36.2 Å². The third-order valence-electron chi connectivity index (χ3n) is 3.57. The van der Waals surface area contributed by atoms with Crippen LogP contribution in [0, 0.1) is 0 Å². The van der Waals surface area contributed by atoms with Crippen molar-refractivity contribution in [1.82, 2.24) is 5.32 Å². The van der Waals surface area contributed by atoms with Crippen LogP contribution >= 0.6 is 23.2 Å². The number of nitrogens with one attached hydrogen (secondary N) is 1. The normalized spacial score (nSPS) is 11.8. The molecule has 0 aliphatic rings. The fourth-order valence-electron chi connectivity index (χ4n) is 2.14. The van der Waals surface area contributed by atoms with Gasteiger partial charge in [-0.3, -0.25) is 0 Å². The Kier molecular flexibility index (Phi) is 8.06. The van der Waals surface area contributed by atoms with Crippen molar-refractivity contribution in [2.75, 3.05) is 6.61 Å². The van der Waals surface area contributed by atoms with Crippen molar-refractivity contribution in [3.05, 3.63) is 69.7 Å². The highest BCUT2D eigenvalue weighted by atomic mass is 35.5.